The molecule has 0 aliphatic heterocycles. The van der Waals surface area contributed by atoms with Gasteiger partial charge in [0, 0.05) is 52.7 Å². The molecule has 0 aliphatic rings. The number of aldehydes is 2. The van der Waals surface area contributed by atoms with Crippen LogP contribution in [-0.2, 0) is 7.05 Å². The molecule has 0 atom stereocenters. The summed E-state index contributed by atoms with van der Waals surface area (Å²) < 4.78 is 1.97. The number of fused-ring (bicyclic) bond motifs is 2. The highest BCUT2D eigenvalue weighted by Gasteiger charge is 2.02. The summed E-state index contributed by atoms with van der Waals surface area (Å²) in [6.07, 6.45) is 9.14. The van der Waals surface area contributed by atoms with Gasteiger partial charge in [-0.15, -0.1) is 0 Å². The number of nitrogens with zero attached hydrogens (tertiary/aromatic N) is 3. The molecule has 31 heavy (non-hydrogen) atoms. The maximum absolute atomic E-state index is 10.7. The second kappa shape index (κ2) is 16.3. The molecule has 0 saturated heterocycles. The molecule has 0 radical (unpaired) electrons. The van der Waals surface area contributed by atoms with Crippen LogP contribution in [0.1, 0.15) is 27.6 Å². The molecule has 7 heteroatoms. The van der Waals surface area contributed by atoms with Crippen LogP contribution >= 0.6 is 22.6 Å². The molecular weight excluding hydrogens is 616 g/mol. The third-order valence-corrected chi connectivity index (χ3v) is 3.96. The van der Waals surface area contributed by atoms with Crippen molar-refractivity contribution in [1.29, 1.82) is 5.26 Å². The first-order valence-electron chi connectivity index (χ1n) is 8.94. The zero-order valence-electron chi connectivity index (χ0n) is 17.5. The second-order valence-corrected chi connectivity index (χ2v) is 5.86. The third-order valence-electron chi connectivity index (χ3n) is 3.96. The fourth-order valence-corrected chi connectivity index (χ4v) is 2.71. The summed E-state index contributed by atoms with van der Waals surface area (Å²) in [6.45, 7) is 1.43. The highest BCUT2D eigenvalue weighted by atomic mass is 127. The summed E-state index contributed by atoms with van der Waals surface area (Å²) >= 11 is 2.15. The van der Waals surface area contributed by atoms with Crippen LogP contribution in [0.25, 0.3) is 21.5 Å². The van der Waals surface area contributed by atoms with Crippen LogP contribution in [0.5, 0.6) is 0 Å². The van der Waals surface area contributed by atoms with E-state index in [0.29, 0.717) is 0 Å². The first kappa shape index (κ1) is 28.5. The summed E-state index contributed by atoms with van der Waals surface area (Å²) in [5, 5.41) is 11.4. The Morgan fingerprint density at radius 2 is 1.45 bits per heavy atom. The van der Waals surface area contributed by atoms with E-state index in [0.717, 1.165) is 45.2 Å². The number of aryl methyl sites for hydroxylation is 1. The van der Waals surface area contributed by atoms with E-state index >= 15 is 0 Å². The quantitative estimate of drug-likeness (QED) is 0.146. The van der Waals surface area contributed by atoms with Gasteiger partial charge in [-0.3, -0.25) is 14.6 Å². The minimum absolute atomic E-state index is 0. The summed E-state index contributed by atoms with van der Waals surface area (Å²) in [5.74, 6) is 0. The molecule has 4 aromatic rings. The van der Waals surface area contributed by atoms with Gasteiger partial charge in [0.05, 0.1) is 6.07 Å². The maximum Gasteiger partial charge on any atom is 0.176 e. The Bertz CT molecular complexity index is 1150. The number of alkyl halides is 1. The molecule has 0 amide bonds. The van der Waals surface area contributed by atoms with E-state index in [9.17, 15) is 9.59 Å². The van der Waals surface area contributed by atoms with Gasteiger partial charge in [-0.25, -0.2) is 4.57 Å². The SMILES string of the molecule is CC#N.CI.C[n+]1ccc2c(C=O)cccc2c1.O=Cc1cccc2cnccc12.[I-]. The van der Waals surface area contributed by atoms with E-state index in [-0.39, 0.29) is 24.0 Å². The highest BCUT2D eigenvalue weighted by molar-refractivity contribution is 14.1. The lowest BCUT2D eigenvalue weighted by atomic mass is 10.1. The Morgan fingerprint density at radius 1 is 0.935 bits per heavy atom. The largest absolute Gasteiger partial charge is 1.00 e. The topological polar surface area (TPSA) is 74.7 Å². The van der Waals surface area contributed by atoms with Crippen molar-refractivity contribution in [3.05, 3.63) is 84.4 Å². The molecule has 2 heterocycles. The second-order valence-electron chi connectivity index (χ2n) is 5.86. The molecule has 0 N–H and O–H groups in total. The third kappa shape index (κ3) is 8.67. The number of rotatable bonds is 2. The molecule has 0 bridgehead atoms. The van der Waals surface area contributed by atoms with Crippen molar-refractivity contribution in [1.82, 2.24) is 4.98 Å². The van der Waals surface area contributed by atoms with Crippen molar-refractivity contribution in [2.75, 3.05) is 4.93 Å². The standard InChI is InChI=1S/C11H10NO.C10H7NO.C2H3N.CH3I.HI/c1-12-6-5-11-9(7-12)3-2-4-10(11)8-13;12-7-9-3-1-2-8-6-11-5-4-10(8)9;1-2-3;1-2;/h2-8H,1H3;1-7H;1H3;1H3;1H/q+1;;;;/p-1. The predicted octanol–water partition coefficient (Wildman–Crippen LogP) is 2.11. The minimum Gasteiger partial charge on any atom is -1.00 e. The van der Waals surface area contributed by atoms with Gasteiger partial charge in [-0.1, -0.05) is 52.9 Å². The van der Waals surface area contributed by atoms with Gasteiger partial charge in [-0.05, 0) is 22.4 Å². The molecule has 4 rings (SSSR count). The Kier molecular flexibility index (Phi) is 15.0. The van der Waals surface area contributed by atoms with Crippen molar-refractivity contribution in [2.45, 2.75) is 6.92 Å². The lowest BCUT2D eigenvalue weighted by Crippen LogP contribution is -3.00. The highest BCUT2D eigenvalue weighted by Crippen LogP contribution is 2.15. The Hall–Kier alpha value is -2.45. The van der Waals surface area contributed by atoms with E-state index in [1.807, 2.05) is 71.4 Å². The van der Waals surface area contributed by atoms with E-state index in [4.69, 9.17) is 5.26 Å². The van der Waals surface area contributed by atoms with Crippen LogP contribution in [-0.4, -0.2) is 22.5 Å². The van der Waals surface area contributed by atoms with Gasteiger partial charge in [-0.2, -0.15) is 5.26 Å². The first-order chi connectivity index (χ1) is 14.6. The summed E-state index contributed by atoms with van der Waals surface area (Å²) in [5.41, 5.74) is 1.47. The summed E-state index contributed by atoms with van der Waals surface area (Å²) in [7, 11) is 1.97. The van der Waals surface area contributed by atoms with Crippen LogP contribution in [0.2, 0.25) is 0 Å². The van der Waals surface area contributed by atoms with Crippen LogP contribution in [0.4, 0.5) is 0 Å². The van der Waals surface area contributed by atoms with Crippen LogP contribution in [0.15, 0.2) is 73.3 Å². The molecular formula is C24H23I2N3O2. The molecule has 0 saturated carbocycles. The monoisotopic (exact) mass is 639 g/mol. The van der Waals surface area contributed by atoms with Crippen LogP contribution in [0.3, 0.4) is 0 Å². The lowest BCUT2D eigenvalue weighted by Gasteiger charge is -1.97. The number of hydrogen-bond acceptors (Lipinski definition) is 4. The number of nitriles is 1. The fraction of sp³-hybridized carbons (Fsp3) is 0.125. The number of aromatic nitrogens is 2. The van der Waals surface area contributed by atoms with Gasteiger partial charge < -0.3 is 24.0 Å². The zero-order chi connectivity index (χ0) is 22.4. The molecule has 2 aromatic carbocycles. The minimum atomic E-state index is 0. The predicted molar refractivity (Wildman–Crippen MR) is 129 cm³/mol. The summed E-state index contributed by atoms with van der Waals surface area (Å²) in [4.78, 5) is 27.2. The van der Waals surface area contributed by atoms with E-state index < -0.39 is 0 Å². The Labute approximate surface area is 213 Å². The van der Waals surface area contributed by atoms with Gasteiger partial charge in [0.15, 0.2) is 25.0 Å². The zero-order valence-corrected chi connectivity index (χ0v) is 21.8. The van der Waals surface area contributed by atoms with Crippen molar-refractivity contribution in [3.8, 4) is 6.07 Å². The van der Waals surface area contributed by atoms with Crippen molar-refractivity contribution in [3.63, 3.8) is 0 Å². The average molecular weight is 639 g/mol. The van der Waals surface area contributed by atoms with E-state index in [1.54, 1.807) is 24.5 Å². The van der Waals surface area contributed by atoms with Crippen molar-refractivity contribution >= 4 is 56.7 Å². The van der Waals surface area contributed by atoms with E-state index in [2.05, 4.69) is 27.6 Å². The molecule has 5 nitrogen and oxygen atoms in total. The number of carbonyl (C=O) groups excluding carboxylic acids is 2. The average Bonchev–Trinajstić information content (AvgIpc) is 2.80. The van der Waals surface area contributed by atoms with Crippen molar-refractivity contribution < 1.29 is 38.1 Å². The van der Waals surface area contributed by atoms with E-state index in [1.165, 1.54) is 6.92 Å². The number of hydrogen-bond donors (Lipinski definition) is 0. The summed E-state index contributed by atoms with van der Waals surface area (Å²) in [6, 6.07) is 16.9. The van der Waals surface area contributed by atoms with Crippen LogP contribution < -0.4 is 28.5 Å². The Morgan fingerprint density at radius 3 is 2.00 bits per heavy atom. The molecule has 160 valence electrons. The maximum atomic E-state index is 10.7. The lowest BCUT2D eigenvalue weighted by molar-refractivity contribution is -0.670. The van der Waals surface area contributed by atoms with Gasteiger partial charge >= 0.3 is 0 Å². The molecule has 0 fully saturated rings. The normalized spacial score (nSPS) is 8.61. The van der Waals surface area contributed by atoms with Gasteiger partial charge in [0.2, 0.25) is 0 Å². The number of halogens is 2. The first-order valence-corrected chi connectivity index (χ1v) is 11.1. The van der Waals surface area contributed by atoms with Crippen molar-refractivity contribution in [2.24, 2.45) is 7.05 Å². The smallest absolute Gasteiger partial charge is 0.176 e. The van der Waals surface area contributed by atoms with Crippen LogP contribution in [0, 0.1) is 11.3 Å². The number of carbonyl (C=O) groups is 2. The van der Waals surface area contributed by atoms with Gasteiger partial charge in [0.1, 0.15) is 7.05 Å². The molecule has 0 aliphatic carbocycles. The molecule has 2 aromatic heterocycles. The Balaban J connectivity index is 0.000000470. The molecule has 0 unspecified atom stereocenters. The fourth-order valence-electron chi connectivity index (χ4n) is 2.71. The van der Waals surface area contributed by atoms with Gasteiger partial charge in [0.25, 0.3) is 0 Å². The number of pyridine rings is 2. The number of benzene rings is 2. The molecule has 0 spiro atoms.